The van der Waals surface area contributed by atoms with Crippen molar-refractivity contribution >= 4 is 28.6 Å². The Morgan fingerprint density at radius 3 is 2.33 bits per heavy atom. The van der Waals surface area contributed by atoms with Crippen LogP contribution in [0.2, 0.25) is 0 Å². The van der Waals surface area contributed by atoms with Crippen LogP contribution in [0.4, 0.5) is 0 Å². The van der Waals surface area contributed by atoms with E-state index in [4.69, 9.17) is 18.9 Å². The number of amides is 1. The number of aliphatic hydroxyl groups is 4. The Hall–Kier alpha value is -3.95. The molecule has 1 aromatic carbocycles. The van der Waals surface area contributed by atoms with Gasteiger partial charge in [0.15, 0.2) is 0 Å². The summed E-state index contributed by atoms with van der Waals surface area (Å²) in [5.74, 6) is -6.08. The molecule has 13 nitrogen and oxygen atoms in total. The number of hydrogen-bond donors (Lipinski definition) is 5. The Balaban J connectivity index is 1.35. The largest absolute Gasteiger partial charge is 0.460 e. The molecular formula is C60H90N2O11. The smallest absolute Gasteiger partial charge is 0.329 e. The number of aromatic nitrogens is 1. The van der Waals surface area contributed by atoms with Crippen LogP contribution in [0.5, 0.6) is 0 Å². The van der Waals surface area contributed by atoms with Crippen LogP contribution < -0.4 is 0 Å². The SMILES string of the molecule is CO[C@H]1[C@@H](C)[C@H](C)C[C@H](C)/C=C/C=C/C=C(\C)C(c2c[nH]c3c(C)cccc23)C[C@@H]2CC[C@@H](C)[C@@](O)(O2)C(=O)C(=O)N2CCCCC2C(=O)O[C@H]([C@H](C)C[C@@H]2CC[C@@H](O)[C@H](OC)C2)C[C@H](O)[C@H](C)/C=C(\C)[C@H]1O. The number of hydrogen-bond acceptors (Lipinski definition) is 11. The number of benzene rings is 1. The van der Waals surface area contributed by atoms with Crippen molar-refractivity contribution in [2.24, 2.45) is 41.4 Å². The number of ether oxygens (including phenoxy) is 4. The summed E-state index contributed by atoms with van der Waals surface area (Å²) in [4.78, 5) is 48.6. The van der Waals surface area contributed by atoms with Crippen LogP contribution in [0.25, 0.3) is 10.9 Å². The monoisotopic (exact) mass is 1010 g/mol. The normalized spacial score (nSPS) is 39.4. The maximum absolute atomic E-state index is 14.6. The van der Waals surface area contributed by atoms with Crippen LogP contribution in [-0.4, -0.2) is 123 Å². The van der Waals surface area contributed by atoms with Crippen LogP contribution >= 0.6 is 0 Å². The molecule has 1 saturated carbocycles. The number of cyclic esters (lactones) is 1. The number of rotatable bonds is 6. The number of Topliss-reactive ketones (excluding diaryl/α,β-unsaturated/α-hetero) is 1. The molecule has 5 N–H and O–H groups in total. The topological polar surface area (TPSA) is 188 Å². The van der Waals surface area contributed by atoms with Crippen molar-refractivity contribution in [3.05, 3.63) is 83.1 Å². The average Bonchev–Trinajstić information content (AvgIpc) is 3.81. The number of esters is 1. The number of H-pyrrole nitrogens is 1. The van der Waals surface area contributed by atoms with Crippen LogP contribution in [-0.2, 0) is 33.3 Å². The molecule has 4 heterocycles. The zero-order valence-electron chi connectivity index (χ0n) is 45.8. The fourth-order valence-corrected chi connectivity index (χ4v) is 12.4. The maximum Gasteiger partial charge on any atom is 0.329 e. The van der Waals surface area contributed by atoms with Crippen molar-refractivity contribution in [2.75, 3.05) is 20.8 Å². The second-order valence-electron chi connectivity index (χ2n) is 22.9. The number of ketones is 1. The zero-order chi connectivity index (χ0) is 53.3. The maximum atomic E-state index is 14.6. The second-order valence-corrected chi connectivity index (χ2v) is 22.9. The van der Waals surface area contributed by atoms with Gasteiger partial charge in [0.05, 0.1) is 30.5 Å². The summed E-state index contributed by atoms with van der Waals surface area (Å²) >= 11 is 0. The van der Waals surface area contributed by atoms with E-state index in [9.17, 15) is 34.8 Å². The molecule has 13 heteroatoms. The summed E-state index contributed by atoms with van der Waals surface area (Å²) in [5.41, 5.74) is 4.96. The first-order chi connectivity index (χ1) is 34.7. The van der Waals surface area contributed by atoms with Crippen LogP contribution in [0.1, 0.15) is 149 Å². The summed E-state index contributed by atoms with van der Waals surface area (Å²) in [7, 11) is 3.23. The van der Waals surface area contributed by atoms with Gasteiger partial charge < -0.3 is 49.3 Å². The van der Waals surface area contributed by atoms with Crippen molar-refractivity contribution in [3.63, 3.8) is 0 Å². The molecule has 17 atom stereocenters. The Morgan fingerprint density at radius 1 is 0.849 bits per heavy atom. The van der Waals surface area contributed by atoms with E-state index in [2.05, 4.69) is 70.0 Å². The first kappa shape index (κ1) is 58.3. The lowest BCUT2D eigenvalue weighted by atomic mass is 9.78. The highest BCUT2D eigenvalue weighted by molar-refractivity contribution is 6.39. The molecule has 0 radical (unpaired) electrons. The number of fused-ring (bicyclic) bond motifs is 4. The van der Waals surface area contributed by atoms with E-state index in [0.29, 0.717) is 56.9 Å². The van der Waals surface area contributed by atoms with Crippen LogP contribution in [0.3, 0.4) is 0 Å². The third-order valence-corrected chi connectivity index (χ3v) is 17.5. The predicted molar refractivity (Wildman–Crippen MR) is 285 cm³/mol. The van der Waals surface area contributed by atoms with Gasteiger partial charge in [-0.3, -0.25) is 9.59 Å². The fraction of sp³-hybridized carbons (Fsp3) is 0.683. The van der Waals surface area contributed by atoms with Gasteiger partial charge in [0.25, 0.3) is 11.7 Å². The standard InChI is InChI=1S/C60H90N2O11/c1-35-18-13-12-14-19-36(2)47(48-34-61-54-37(3)20-17-21-46(48)54)32-45-25-23-42(8)60(69,73-45)57(66)58(67)62-27-16-15-22-49(62)59(68)72-52(40(6)30-44-24-26-50(63)53(31-44)70-10)33-51(64)39(5)29-41(7)55(65)56(71-11)43(9)38(4)28-35/h12-14,17-21,29,34-35,38-40,42-45,47,49-53,55-56,61,63-65,69H,15-16,22-28,30-33H2,1-11H3/b14-12+,18-13+,36-19+,41-29+/t35-,38-,39-,40-,42-,43+,44+,45+,47?,49?,50-,51+,52+,53-,55-,56+,60-/m1/s1. The van der Waals surface area contributed by atoms with Gasteiger partial charge in [-0.05, 0) is 138 Å². The molecule has 6 rings (SSSR count). The Labute approximate surface area is 435 Å². The van der Waals surface area contributed by atoms with Crippen molar-refractivity contribution in [1.82, 2.24) is 9.88 Å². The number of carbonyl (C=O) groups is 3. The van der Waals surface area contributed by atoms with Gasteiger partial charge >= 0.3 is 5.97 Å². The molecule has 1 amide bonds. The van der Waals surface area contributed by atoms with Gasteiger partial charge in [0, 0.05) is 62.0 Å². The molecule has 2 bridgehead atoms. The van der Waals surface area contributed by atoms with Gasteiger partial charge in [-0.2, -0.15) is 0 Å². The minimum absolute atomic E-state index is 0.000969. The number of nitrogens with one attached hydrogen (secondary N) is 1. The number of nitrogens with zero attached hydrogens (tertiary/aromatic N) is 1. The molecule has 4 aliphatic rings. The molecule has 1 aliphatic carbocycles. The van der Waals surface area contributed by atoms with E-state index in [1.807, 2.05) is 51.3 Å². The van der Waals surface area contributed by atoms with Gasteiger partial charge in [0.2, 0.25) is 5.79 Å². The summed E-state index contributed by atoms with van der Waals surface area (Å²) in [6.45, 7) is 18.2. The zero-order valence-corrected chi connectivity index (χ0v) is 45.8. The molecule has 3 fully saturated rings. The number of para-hydroxylation sites is 1. The molecule has 0 spiro atoms. The lowest BCUT2D eigenvalue weighted by Crippen LogP contribution is -2.60. The highest BCUT2D eigenvalue weighted by atomic mass is 16.6. The van der Waals surface area contributed by atoms with E-state index >= 15 is 0 Å². The number of aliphatic hydroxyl groups excluding tert-OH is 3. The Bertz CT molecular complexity index is 2280. The van der Waals surface area contributed by atoms with Crippen molar-refractivity contribution < 1.29 is 53.8 Å². The van der Waals surface area contributed by atoms with E-state index in [1.165, 1.54) is 4.90 Å². The molecule has 1 aromatic heterocycles. The van der Waals surface area contributed by atoms with E-state index in [0.717, 1.165) is 40.4 Å². The first-order valence-corrected chi connectivity index (χ1v) is 27.5. The third-order valence-electron chi connectivity index (χ3n) is 17.5. The quantitative estimate of drug-likeness (QED) is 0.105. The molecule has 73 heavy (non-hydrogen) atoms. The van der Waals surface area contributed by atoms with E-state index in [-0.39, 0.29) is 61.0 Å². The number of piperidine rings is 1. The lowest BCUT2D eigenvalue weighted by molar-refractivity contribution is -0.264. The summed E-state index contributed by atoms with van der Waals surface area (Å²) in [5, 5.41) is 47.8. The average molecular weight is 1020 g/mol. The summed E-state index contributed by atoms with van der Waals surface area (Å²) < 4.78 is 24.5. The van der Waals surface area contributed by atoms with Crippen LogP contribution in [0, 0.1) is 48.3 Å². The van der Waals surface area contributed by atoms with Crippen molar-refractivity contribution in [2.45, 2.75) is 200 Å². The van der Waals surface area contributed by atoms with Crippen molar-refractivity contribution in [1.29, 1.82) is 0 Å². The molecule has 2 unspecified atom stereocenters. The van der Waals surface area contributed by atoms with E-state index in [1.54, 1.807) is 21.1 Å². The Kier molecular flexibility index (Phi) is 20.9. The summed E-state index contributed by atoms with van der Waals surface area (Å²) in [6.07, 6.45) is 16.2. The fourth-order valence-electron chi connectivity index (χ4n) is 12.4. The van der Waals surface area contributed by atoms with Gasteiger partial charge in [-0.25, -0.2) is 4.79 Å². The second kappa shape index (κ2) is 26.2. The molecule has 2 aromatic rings. The van der Waals surface area contributed by atoms with Gasteiger partial charge in [-0.15, -0.1) is 0 Å². The Morgan fingerprint density at radius 2 is 1.60 bits per heavy atom. The minimum atomic E-state index is -2.42. The third kappa shape index (κ3) is 14.1. The highest BCUT2D eigenvalue weighted by Gasteiger charge is 2.53. The number of methoxy groups -OCH3 is 2. The minimum Gasteiger partial charge on any atom is -0.460 e. The number of allylic oxidation sites excluding steroid dienone is 6. The van der Waals surface area contributed by atoms with Gasteiger partial charge in [0.1, 0.15) is 18.2 Å². The highest BCUT2D eigenvalue weighted by Crippen LogP contribution is 2.42. The molecule has 3 aliphatic heterocycles. The molecule has 2 saturated heterocycles. The van der Waals surface area contributed by atoms with Crippen LogP contribution in [0.15, 0.2) is 72.0 Å². The number of aryl methyl sites for hydroxylation is 1. The molecular weight excluding hydrogens is 925 g/mol. The predicted octanol–water partition coefficient (Wildman–Crippen LogP) is 9.60. The van der Waals surface area contributed by atoms with Gasteiger partial charge in [-0.1, -0.05) is 102 Å². The lowest BCUT2D eigenvalue weighted by Gasteiger charge is -2.43. The van der Waals surface area contributed by atoms with E-state index < -0.39 is 77.9 Å². The number of aromatic amines is 1. The van der Waals surface area contributed by atoms with Crippen molar-refractivity contribution in [3.8, 4) is 0 Å². The first-order valence-electron chi connectivity index (χ1n) is 27.5. The summed E-state index contributed by atoms with van der Waals surface area (Å²) in [6, 6.07) is 5.13. The number of carbonyl (C=O) groups excluding carboxylic acids is 3. The molecule has 406 valence electrons.